The monoisotopic (exact) mass is 611 g/mol. The van der Waals surface area contributed by atoms with E-state index in [1.807, 2.05) is 69.3 Å². The van der Waals surface area contributed by atoms with Crippen molar-refractivity contribution in [1.82, 2.24) is 15.1 Å². The summed E-state index contributed by atoms with van der Waals surface area (Å²) in [4.78, 5) is 38.6. The average molecular weight is 612 g/mol. The van der Waals surface area contributed by atoms with Crippen LogP contribution in [0.4, 0.5) is 4.79 Å². The number of hydrogen-bond acceptors (Lipinski definition) is 7. The Morgan fingerprint density at radius 2 is 1.73 bits per heavy atom. The molecule has 3 aromatic carbocycles. The Morgan fingerprint density at radius 1 is 1.00 bits per heavy atom. The van der Waals surface area contributed by atoms with Crippen molar-refractivity contribution in [3.63, 3.8) is 0 Å². The van der Waals surface area contributed by atoms with Gasteiger partial charge in [0, 0.05) is 17.0 Å². The number of aryl methyl sites for hydroxylation is 1. The maximum Gasteiger partial charge on any atom is 0.435 e. The summed E-state index contributed by atoms with van der Waals surface area (Å²) in [6.45, 7) is 13.2. The number of aromatic nitrogens is 2. The van der Waals surface area contributed by atoms with E-state index in [1.165, 1.54) is 12.2 Å². The van der Waals surface area contributed by atoms with E-state index in [9.17, 15) is 14.4 Å². The molecule has 236 valence electrons. The van der Waals surface area contributed by atoms with Gasteiger partial charge in [-0.2, -0.15) is 9.78 Å². The van der Waals surface area contributed by atoms with E-state index in [2.05, 4.69) is 10.4 Å². The molecule has 0 radical (unpaired) electrons. The summed E-state index contributed by atoms with van der Waals surface area (Å²) in [5.74, 6) is -0.0209. The van der Waals surface area contributed by atoms with Gasteiger partial charge in [0.2, 0.25) is 5.91 Å². The van der Waals surface area contributed by atoms with Gasteiger partial charge in [-0.25, -0.2) is 9.59 Å². The van der Waals surface area contributed by atoms with Crippen LogP contribution in [-0.4, -0.2) is 46.1 Å². The third kappa shape index (κ3) is 8.81. The van der Waals surface area contributed by atoms with E-state index in [0.717, 1.165) is 21.4 Å². The number of benzene rings is 3. The Morgan fingerprint density at radius 3 is 2.40 bits per heavy atom. The van der Waals surface area contributed by atoms with Crippen LogP contribution in [0.1, 0.15) is 75.5 Å². The lowest BCUT2D eigenvalue weighted by Crippen LogP contribution is -2.31. The Bertz CT molecular complexity index is 1700. The predicted molar refractivity (Wildman–Crippen MR) is 174 cm³/mol. The van der Waals surface area contributed by atoms with Crippen LogP contribution in [0.25, 0.3) is 17.0 Å². The smallest absolute Gasteiger partial charge is 0.435 e. The fourth-order valence-corrected chi connectivity index (χ4v) is 4.82. The predicted octanol–water partition coefficient (Wildman–Crippen LogP) is 6.94. The lowest BCUT2D eigenvalue weighted by atomic mass is 9.96. The van der Waals surface area contributed by atoms with Crippen molar-refractivity contribution in [3.05, 3.63) is 101 Å². The molecule has 0 saturated heterocycles. The zero-order valence-electron chi connectivity index (χ0n) is 26.9. The van der Waals surface area contributed by atoms with Crippen molar-refractivity contribution in [3.8, 4) is 5.75 Å². The minimum Gasteiger partial charge on any atom is -0.491 e. The second kappa shape index (κ2) is 14.2. The SMILES string of the molecule is CCOC(=O)C=Cc1nn(C(=O)OC(C)(C)C)c2ccc(CC(=O)NC(c3ccccc3)c3ccc(C)cc3OC(C)C)cc12. The molecule has 0 aliphatic rings. The first-order valence-electron chi connectivity index (χ1n) is 15.1. The van der Waals surface area contributed by atoms with E-state index in [-0.39, 0.29) is 25.0 Å². The summed E-state index contributed by atoms with van der Waals surface area (Å²) < 4.78 is 17.9. The summed E-state index contributed by atoms with van der Waals surface area (Å²) in [7, 11) is 0. The number of ether oxygens (including phenoxy) is 3. The highest BCUT2D eigenvalue weighted by Crippen LogP contribution is 2.32. The van der Waals surface area contributed by atoms with Gasteiger partial charge in [0.25, 0.3) is 0 Å². The van der Waals surface area contributed by atoms with Crippen LogP contribution in [0.2, 0.25) is 0 Å². The molecule has 0 aliphatic heterocycles. The summed E-state index contributed by atoms with van der Waals surface area (Å²) in [6, 6.07) is 20.6. The molecule has 4 rings (SSSR count). The summed E-state index contributed by atoms with van der Waals surface area (Å²) >= 11 is 0. The number of amides is 1. The number of esters is 1. The molecule has 1 amide bonds. The molecule has 1 N–H and O–H groups in total. The highest BCUT2D eigenvalue weighted by Gasteiger charge is 2.24. The second-order valence-electron chi connectivity index (χ2n) is 12.0. The topological polar surface area (TPSA) is 109 Å². The van der Waals surface area contributed by atoms with Gasteiger partial charge in [-0.05, 0) is 89.4 Å². The maximum absolute atomic E-state index is 13.6. The van der Waals surface area contributed by atoms with Crippen molar-refractivity contribution < 1.29 is 28.6 Å². The summed E-state index contributed by atoms with van der Waals surface area (Å²) in [6.07, 6.45) is 2.11. The van der Waals surface area contributed by atoms with Gasteiger partial charge in [0.15, 0.2) is 0 Å². The molecule has 4 aromatic rings. The number of nitrogens with one attached hydrogen (secondary N) is 1. The molecule has 0 saturated carbocycles. The van der Waals surface area contributed by atoms with Crippen LogP contribution < -0.4 is 10.1 Å². The third-order valence-corrected chi connectivity index (χ3v) is 6.65. The standard InChI is InChI=1S/C36H41N3O6/c1-8-43-33(41)19-17-29-28-21-25(15-18-30(28)39(38-29)35(42)45-36(5,6)7)22-32(40)37-34(26-12-10-9-11-13-26)27-16-14-24(4)20-31(27)44-23(2)3/h9-21,23,34H,8,22H2,1-7H3,(H,37,40). The first kappa shape index (κ1) is 33.0. The Balaban J connectivity index is 1.68. The quantitative estimate of drug-likeness (QED) is 0.153. The normalized spacial score (nSPS) is 12.4. The minimum atomic E-state index is -0.735. The van der Waals surface area contributed by atoms with Crippen LogP contribution >= 0.6 is 0 Å². The van der Waals surface area contributed by atoms with Crippen LogP contribution in [-0.2, 0) is 25.5 Å². The van der Waals surface area contributed by atoms with Crippen LogP contribution in [0.5, 0.6) is 5.75 Å². The molecule has 0 fully saturated rings. The Labute approximate surface area is 264 Å². The van der Waals surface area contributed by atoms with E-state index in [4.69, 9.17) is 14.2 Å². The lowest BCUT2D eigenvalue weighted by Gasteiger charge is -2.24. The molecule has 1 aromatic heterocycles. The van der Waals surface area contributed by atoms with E-state index < -0.39 is 23.7 Å². The minimum absolute atomic E-state index is 0.0435. The first-order chi connectivity index (χ1) is 21.3. The molecule has 0 aliphatic carbocycles. The first-order valence-corrected chi connectivity index (χ1v) is 15.1. The molecule has 1 unspecified atom stereocenters. The van der Waals surface area contributed by atoms with Gasteiger partial charge in [-0.1, -0.05) is 48.5 Å². The maximum atomic E-state index is 13.6. The van der Waals surface area contributed by atoms with Crippen molar-refractivity contribution in [2.75, 3.05) is 6.61 Å². The van der Waals surface area contributed by atoms with Crippen molar-refractivity contribution in [2.45, 2.75) is 72.6 Å². The highest BCUT2D eigenvalue weighted by atomic mass is 16.6. The molecule has 1 atom stereocenters. The van der Waals surface area contributed by atoms with Crippen LogP contribution in [0, 0.1) is 6.92 Å². The average Bonchev–Trinajstić information content (AvgIpc) is 3.33. The number of nitrogens with zero attached hydrogens (tertiary/aromatic N) is 2. The van der Waals surface area contributed by atoms with Crippen LogP contribution in [0.15, 0.2) is 72.8 Å². The van der Waals surface area contributed by atoms with Crippen molar-refractivity contribution in [2.24, 2.45) is 0 Å². The lowest BCUT2D eigenvalue weighted by molar-refractivity contribution is -0.137. The van der Waals surface area contributed by atoms with E-state index in [1.54, 1.807) is 45.9 Å². The molecule has 0 bridgehead atoms. The largest absolute Gasteiger partial charge is 0.491 e. The molecule has 45 heavy (non-hydrogen) atoms. The number of rotatable bonds is 10. The zero-order valence-corrected chi connectivity index (χ0v) is 26.9. The number of carbonyl (C=O) groups excluding carboxylic acids is 3. The molecule has 9 heteroatoms. The second-order valence-corrected chi connectivity index (χ2v) is 12.0. The molecular weight excluding hydrogens is 570 g/mol. The zero-order chi connectivity index (χ0) is 32.7. The van der Waals surface area contributed by atoms with Crippen LogP contribution in [0.3, 0.4) is 0 Å². The summed E-state index contributed by atoms with van der Waals surface area (Å²) in [5.41, 5.74) is 3.64. The molecule has 0 spiro atoms. The van der Waals surface area contributed by atoms with Gasteiger partial charge >= 0.3 is 12.1 Å². The Hall–Kier alpha value is -4.92. The van der Waals surface area contributed by atoms with E-state index in [0.29, 0.717) is 27.9 Å². The molecule has 9 nitrogen and oxygen atoms in total. The van der Waals surface area contributed by atoms with Crippen molar-refractivity contribution in [1.29, 1.82) is 0 Å². The third-order valence-electron chi connectivity index (χ3n) is 6.65. The van der Waals surface area contributed by atoms with E-state index >= 15 is 0 Å². The van der Waals surface area contributed by atoms with Gasteiger partial charge in [0.1, 0.15) is 11.4 Å². The number of carbonyl (C=O) groups is 3. The van der Waals surface area contributed by atoms with Gasteiger partial charge in [-0.3, -0.25) is 4.79 Å². The Kier molecular flexibility index (Phi) is 10.4. The number of fused-ring (bicyclic) bond motifs is 1. The molecule has 1 heterocycles. The van der Waals surface area contributed by atoms with Crippen molar-refractivity contribution >= 4 is 34.9 Å². The van der Waals surface area contributed by atoms with Gasteiger partial charge in [0.05, 0.1) is 36.4 Å². The van der Waals surface area contributed by atoms with Gasteiger partial charge < -0.3 is 19.5 Å². The van der Waals surface area contributed by atoms with Gasteiger partial charge in [-0.15, -0.1) is 0 Å². The fraction of sp³-hybridized carbons (Fsp3) is 0.333. The highest BCUT2D eigenvalue weighted by molar-refractivity contribution is 5.96. The fourth-order valence-electron chi connectivity index (χ4n) is 4.82. The summed E-state index contributed by atoms with van der Waals surface area (Å²) in [5, 5.41) is 8.22. The molecular formula is C36H41N3O6. The number of hydrogen-bond donors (Lipinski definition) is 1.